The fourth-order valence-electron chi connectivity index (χ4n) is 7.22. The molecule has 0 heterocycles. The second-order valence-corrected chi connectivity index (χ2v) is 16.9. The Morgan fingerprint density at radius 2 is 1.24 bits per heavy atom. The van der Waals surface area contributed by atoms with Crippen molar-refractivity contribution >= 4 is 47.1 Å². The summed E-state index contributed by atoms with van der Waals surface area (Å²) >= 11 is 1.42. The molecule has 0 bridgehead atoms. The van der Waals surface area contributed by atoms with Gasteiger partial charge in [0.1, 0.15) is 29.8 Å². The first kappa shape index (κ1) is 42.0. The Balaban J connectivity index is 1.74. The number of aliphatic carboxylic acids is 1. The lowest BCUT2D eigenvalue weighted by Gasteiger charge is -2.39. The summed E-state index contributed by atoms with van der Waals surface area (Å²) in [5, 5.41) is 31.7. The van der Waals surface area contributed by atoms with Crippen molar-refractivity contribution in [2.75, 3.05) is 11.5 Å². The van der Waals surface area contributed by atoms with Crippen molar-refractivity contribution in [1.29, 1.82) is 0 Å². The number of allylic oxidation sites excluding steroid dienone is 3. The van der Waals surface area contributed by atoms with Crippen LogP contribution in [0.15, 0.2) is 33.9 Å². The monoisotopic (exact) mass is 730 g/mol. The molecule has 0 aromatic rings. The maximum Gasteiger partial charge on any atom is 0.326 e. The summed E-state index contributed by atoms with van der Waals surface area (Å²) in [5.74, 6) is -2.95. The minimum absolute atomic E-state index is 0.00659. The molecular formula is C38H58N4O8S. The smallest absolute Gasteiger partial charge is 0.326 e. The van der Waals surface area contributed by atoms with Gasteiger partial charge in [0.05, 0.1) is 0 Å². The maximum absolute atomic E-state index is 13.7. The van der Waals surface area contributed by atoms with Crippen LogP contribution in [0.1, 0.15) is 101 Å². The number of carboxylic acid groups (broad SMARTS) is 1. The molecule has 3 rings (SSSR count). The molecule has 4 amide bonds. The van der Waals surface area contributed by atoms with Crippen molar-refractivity contribution in [3.05, 3.63) is 33.9 Å². The summed E-state index contributed by atoms with van der Waals surface area (Å²) in [7, 11) is 0. The Hall–Kier alpha value is -3.45. The van der Waals surface area contributed by atoms with E-state index in [0.717, 1.165) is 35.1 Å². The highest BCUT2D eigenvalue weighted by molar-refractivity contribution is 7.99. The quantitative estimate of drug-likeness (QED) is 0.122. The van der Waals surface area contributed by atoms with Crippen LogP contribution in [0.25, 0.3) is 0 Å². The molecule has 12 nitrogen and oxygen atoms in total. The first-order chi connectivity index (χ1) is 23.6. The van der Waals surface area contributed by atoms with Gasteiger partial charge in [0.15, 0.2) is 5.78 Å². The summed E-state index contributed by atoms with van der Waals surface area (Å²) in [5.41, 5.74) is 2.29. The van der Waals surface area contributed by atoms with Crippen LogP contribution >= 0.6 is 11.8 Å². The molecule has 13 heteroatoms. The Morgan fingerprint density at radius 1 is 0.784 bits per heavy atom. The van der Waals surface area contributed by atoms with E-state index in [4.69, 9.17) is 0 Å². The van der Waals surface area contributed by atoms with Gasteiger partial charge in [0.2, 0.25) is 23.6 Å². The van der Waals surface area contributed by atoms with Gasteiger partial charge in [-0.15, -0.1) is 0 Å². The third kappa shape index (κ3) is 9.91. The minimum Gasteiger partial charge on any atom is -0.480 e. The van der Waals surface area contributed by atoms with E-state index < -0.39 is 64.8 Å². The Morgan fingerprint density at radius 3 is 1.67 bits per heavy atom. The summed E-state index contributed by atoms with van der Waals surface area (Å²) in [6, 6.07) is -4.14. The second-order valence-electron chi connectivity index (χ2n) is 15.9. The van der Waals surface area contributed by atoms with Crippen molar-refractivity contribution < 1.29 is 39.0 Å². The topological polar surface area (TPSA) is 191 Å². The number of Topliss-reactive ketones (excluding diaryl/α,β-unsaturated/α-hetero) is 1. The fraction of sp³-hybridized carbons (Fsp3) is 0.684. The molecule has 6 N–H and O–H groups in total. The fourth-order valence-corrected chi connectivity index (χ4v) is 8.39. The molecule has 0 unspecified atom stereocenters. The molecule has 5 atom stereocenters. The van der Waals surface area contributed by atoms with E-state index in [-0.39, 0.29) is 48.6 Å². The first-order valence-electron chi connectivity index (χ1n) is 18.0. The molecule has 284 valence electrons. The van der Waals surface area contributed by atoms with Crippen LogP contribution in [-0.2, 0) is 28.8 Å². The summed E-state index contributed by atoms with van der Waals surface area (Å²) in [6.45, 7) is 18.1. The lowest BCUT2D eigenvalue weighted by molar-refractivity contribution is -0.143. The highest BCUT2D eigenvalue weighted by Gasteiger charge is 2.65. The van der Waals surface area contributed by atoms with E-state index in [2.05, 4.69) is 21.3 Å². The molecule has 0 aromatic carbocycles. The van der Waals surface area contributed by atoms with Crippen LogP contribution in [0.2, 0.25) is 0 Å². The Labute approximate surface area is 306 Å². The lowest BCUT2D eigenvalue weighted by Crippen LogP contribution is -2.58. The second kappa shape index (κ2) is 16.9. The van der Waals surface area contributed by atoms with Gasteiger partial charge in [-0.3, -0.25) is 24.0 Å². The van der Waals surface area contributed by atoms with Crippen molar-refractivity contribution in [3.63, 3.8) is 0 Å². The average molecular weight is 731 g/mol. The van der Waals surface area contributed by atoms with Crippen molar-refractivity contribution in [2.45, 2.75) is 131 Å². The summed E-state index contributed by atoms with van der Waals surface area (Å²) in [6.07, 6.45) is 4.05. The van der Waals surface area contributed by atoms with Crippen LogP contribution in [0, 0.1) is 23.2 Å². The van der Waals surface area contributed by atoms with Gasteiger partial charge in [-0.05, 0) is 93.4 Å². The van der Waals surface area contributed by atoms with E-state index in [1.54, 1.807) is 6.92 Å². The number of carbonyl (C=O) groups excluding carboxylic acids is 5. The predicted octanol–water partition coefficient (Wildman–Crippen LogP) is 3.59. The number of thioether (sulfide) groups is 1. The Bertz CT molecular complexity index is 1500. The molecule has 3 aliphatic carbocycles. The Kier molecular flexibility index (Phi) is 13.9. The zero-order valence-electron chi connectivity index (χ0n) is 31.8. The van der Waals surface area contributed by atoms with Gasteiger partial charge < -0.3 is 31.5 Å². The van der Waals surface area contributed by atoms with Gasteiger partial charge >= 0.3 is 5.97 Å². The molecule has 0 saturated heterocycles. The van der Waals surface area contributed by atoms with Gasteiger partial charge in [0, 0.05) is 29.4 Å². The summed E-state index contributed by atoms with van der Waals surface area (Å²) in [4.78, 5) is 78.1. The molecule has 3 aliphatic rings. The molecule has 1 spiro atoms. The van der Waals surface area contributed by atoms with Crippen molar-refractivity contribution in [3.8, 4) is 0 Å². The van der Waals surface area contributed by atoms with Gasteiger partial charge in [-0.25, -0.2) is 4.79 Å². The number of hydrogen-bond donors (Lipinski definition) is 6. The van der Waals surface area contributed by atoms with Crippen LogP contribution in [0.4, 0.5) is 0 Å². The number of carbonyl (C=O) groups is 6. The average Bonchev–Trinajstić information content (AvgIpc) is 3.76. The molecule has 51 heavy (non-hydrogen) atoms. The maximum atomic E-state index is 13.7. The number of rotatable bonds is 18. The number of hydrogen-bond acceptors (Lipinski definition) is 8. The van der Waals surface area contributed by atoms with Gasteiger partial charge in [0.25, 0.3) is 0 Å². The SMILES string of the molecule is CC(=O)N[C@H](CSCC1=C(C)C=C2C(=O)[C@](C)(O)C3(CC3)C(C)=C21)C(=O)N[C@@H](CC(C)C)C(=O)N[C@@H](CC(C)C)C(=O)N[C@@H](CC(C)C)C(=O)O. The molecule has 1 saturated carbocycles. The zero-order chi connectivity index (χ0) is 38.6. The minimum atomic E-state index is -1.45. The van der Waals surface area contributed by atoms with Crippen LogP contribution in [0.5, 0.6) is 0 Å². The van der Waals surface area contributed by atoms with Crippen LogP contribution in [0.3, 0.4) is 0 Å². The lowest BCUT2D eigenvalue weighted by atomic mass is 9.67. The largest absolute Gasteiger partial charge is 0.480 e. The highest BCUT2D eigenvalue weighted by atomic mass is 32.2. The predicted molar refractivity (Wildman–Crippen MR) is 198 cm³/mol. The van der Waals surface area contributed by atoms with Crippen molar-refractivity contribution in [2.24, 2.45) is 23.2 Å². The molecule has 0 radical (unpaired) electrons. The van der Waals surface area contributed by atoms with E-state index >= 15 is 0 Å². The number of aliphatic hydroxyl groups is 1. The number of fused-ring (bicyclic) bond motifs is 1. The van der Waals surface area contributed by atoms with Crippen LogP contribution in [-0.4, -0.2) is 86.9 Å². The first-order valence-corrected chi connectivity index (χ1v) is 19.2. The normalized spacial score (nSPS) is 21.7. The number of nitrogens with one attached hydrogen (secondary N) is 4. The van der Waals surface area contributed by atoms with Gasteiger partial charge in [-0.2, -0.15) is 11.8 Å². The van der Waals surface area contributed by atoms with Crippen molar-refractivity contribution in [1.82, 2.24) is 21.3 Å². The van der Waals surface area contributed by atoms with Crippen LogP contribution < -0.4 is 21.3 Å². The van der Waals surface area contributed by atoms with Gasteiger partial charge in [-0.1, -0.05) is 47.1 Å². The van der Waals surface area contributed by atoms with E-state index in [9.17, 15) is 39.0 Å². The summed E-state index contributed by atoms with van der Waals surface area (Å²) < 4.78 is 0. The molecular weight excluding hydrogens is 673 g/mol. The molecule has 0 aromatic heterocycles. The third-order valence-electron chi connectivity index (χ3n) is 10.1. The van der Waals surface area contributed by atoms with E-state index in [0.29, 0.717) is 11.3 Å². The number of carboxylic acids is 1. The standard InChI is InChI=1S/C38H58N4O8S/c1-19(2)13-27(33(45)40-28(14-20(3)4)34(46)42-29(36(48)49)15-21(5)6)41-35(47)30(39-24(9)43)18-51-17-26-22(7)16-25-31(26)23(8)38(11-12-38)37(10,50)32(25)44/h16,19-21,27-30,50H,11-15,17-18H2,1-10H3,(H,39,43)(H,40,45)(H,41,47)(H,42,46)(H,48,49)/t27-,28-,29-,30+,37-/m0/s1. The van der Waals surface area contributed by atoms with E-state index in [1.807, 2.05) is 61.5 Å². The molecule has 1 fully saturated rings. The zero-order valence-corrected chi connectivity index (χ0v) is 32.6. The number of amides is 4. The third-order valence-corrected chi connectivity index (χ3v) is 11.2. The van der Waals surface area contributed by atoms with E-state index in [1.165, 1.54) is 18.7 Å². The molecule has 0 aliphatic heterocycles. The highest BCUT2D eigenvalue weighted by Crippen LogP contribution is 2.65. The number of ketones is 1.